The SMILES string of the molecule is C=CCn1nnc(CSc2ccc(OC)cc2)c1CC(=O)Nc1ccc(C)cc1. The topological polar surface area (TPSA) is 69.0 Å². The molecule has 0 aliphatic heterocycles. The minimum atomic E-state index is -0.0998. The number of benzene rings is 2. The fourth-order valence-electron chi connectivity index (χ4n) is 2.76. The van der Waals surface area contributed by atoms with E-state index in [9.17, 15) is 4.79 Å². The third kappa shape index (κ3) is 5.71. The molecule has 0 aliphatic rings. The molecule has 1 aromatic heterocycles. The number of aryl methyl sites for hydroxylation is 1. The molecule has 2 aromatic carbocycles. The van der Waals surface area contributed by atoms with Crippen LogP contribution in [-0.4, -0.2) is 28.0 Å². The van der Waals surface area contributed by atoms with Crippen LogP contribution in [0.5, 0.6) is 5.75 Å². The highest BCUT2D eigenvalue weighted by molar-refractivity contribution is 7.98. The van der Waals surface area contributed by atoms with Crippen LogP contribution in [0.3, 0.4) is 0 Å². The van der Waals surface area contributed by atoms with Crippen LogP contribution in [0.25, 0.3) is 0 Å². The van der Waals surface area contributed by atoms with Gasteiger partial charge in [-0.2, -0.15) is 0 Å². The second-order valence-corrected chi connectivity index (χ2v) is 7.56. The lowest BCUT2D eigenvalue weighted by atomic mass is 10.2. The molecular weight excluding hydrogens is 384 g/mol. The number of ether oxygens (including phenoxy) is 1. The van der Waals surface area contributed by atoms with Gasteiger partial charge in [-0.3, -0.25) is 4.79 Å². The Morgan fingerprint density at radius 2 is 1.93 bits per heavy atom. The summed E-state index contributed by atoms with van der Waals surface area (Å²) in [6.07, 6.45) is 1.95. The molecule has 0 spiro atoms. The van der Waals surface area contributed by atoms with Crippen molar-refractivity contribution in [1.82, 2.24) is 15.0 Å². The van der Waals surface area contributed by atoms with Gasteiger partial charge in [-0.05, 0) is 43.3 Å². The number of allylic oxidation sites excluding steroid dienone is 1. The van der Waals surface area contributed by atoms with Crippen LogP contribution in [0, 0.1) is 6.92 Å². The minimum Gasteiger partial charge on any atom is -0.497 e. The molecule has 1 N–H and O–H groups in total. The highest BCUT2D eigenvalue weighted by atomic mass is 32.2. The second-order valence-electron chi connectivity index (χ2n) is 6.51. The molecule has 29 heavy (non-hydrogen) atoms. The van der Waals surface area contributed by atoms with Crippen molar-refractivity contribution in [2.24, 2.45) is 0 Å². The molecule has 0 saturated heterocycles. The highest BCUT2D eigenvalue weighted by Gasteiger charge is 2.16. The summed E-state index contributed by atoms with van der Waals surface area (Å²) >= 11 is 1.64. The van der Waals surface area contributed by atoms with E-state index in [1.165, 1.54) is 0 Å². The lowest BCUT2D eigenvalue weighted by molar-refractivity contribution is -0.115. The monoisotopic (exact) mass is 408 g/mol. The molecule has 1 amide bonds. The maximum absolute atomic E-state index is 12.6. The first-order chi connectivity index (χ1) is 14.1. The Labute approximate surface area is 175 Å². The van der Waals surface area contributed by atoms with E-state index < -0.39 is 0 Å². The maximum Gasteiger partial charge on any atom is 0.230 e. The summed E-state index contributed by atoms with van der Waals surface area (Å²) in [6.45, 7) is 6.28. The predicted octanol–water partition coefficient (Wildman–Crippen LogP) is 4.25. The van der Waals surface area contributed by atoms with Crippen molar-refractivity contribution in [3.05, 3.63) is 78.1 Å². The average Bonchev–Trinajstić information content (AvgIpc) is 3.10. The number of carbonyl (C=O) groups is 1. The lowest BCUT2D eigenvalue weighted by Crippen LogP contribution is -2.18. The summed E-state index contributed by atoms with van der Waals surface area (Å²) in [5.74, 6) is 1.34. The van der Waals surface area contributed by atoms with Crippen LogP contribution >= 0.6 is 11.8 Å². The Morgan fingerprint density at radius 3 is 2.59 bits per heavy atom. The van der Waals surface area contributed by atoms with E-state index in [4.69, 9.17) is 4.74 Å². The van der Waals surface area contributed by atoms with Gasteiger partial charge in [-0.25, -0.2) is 4.68 Å². The zero-order valence-corrected chi connectivity index (χ0v) is 17.4. The van der Waals surface area contributed by atoms with E-state index in [-0.39, 0.29) is 12.3 Å². The molecule has 7 heteroatoms. The normalized spacial score (nSPS) is 10.6. The van der Waals surface area contributed by atoms with E-state index in [1.54, 1.807) is 29.6 Å². The summed E-state index contributed by atoms with van der Waals surface area (Å²) in [5, 5.41) is 11.4. The van der Waals surface area contributed by atoms with Crippen molar-refractivity contribution in [2.45, 2.75) is 30.5 Å². The average molecular weight is 409 g/mol. The quantitative estimate of drug-likeness (QED) is 0.423. The van der Waals surface area contributed by atoms with Crippen molar-refractivity contribution >= 4 is 23.4 Å². The molecular formula is C22H24N4O2S. The number of methoxy groups -OCH3 is 1. The molecule has 150 valence electrons. The van der Waals surface area contributed by atoms with Crippen LogP contribution in [0.2, 0.25) is 0 Å². The first-order valence-electron chi connectivity index (χ1n) is 9.24. The zero-order valence-electron chi connectivity index (χ0n) is 16.6. The maximum atomic E-state index is 12.6. The van der Waals surface area contributed by atoms with Crippen molar-refractivity contribution in [2.75, 3.05) is 12.4 Å². The summed E-state index contributed by atoms with van der Waals surface area (Å²) < 4.78 is 6.92. The molecule has 1 heterocycles. The number of rotatable bonds is 9. The third-order valence-corrected chi connectivity index (χ3v) is 5.34. The first-order valence-corrected chi connectivity index (χ1v) is 10.2. The van der Waals surface area contributed by atoms with Crippen LogP contribution in [0.4, 0.5) is 5.69 Å². The standard InChI is InChI=1S/C22H24N4O2S/c1-4-13-26-21(14-22(27)23-17-7-5-16(2)6-8-17)20(24-25-26)15-29-19-11-9-18(28-3)10-12-19/h4-12H,1,13-15H2,2-3H3,(H,23,27). The predicted molar refractivity (Wildman–Crippen MR) is 116 cm³/mol. The smallest absolute Gasteiger partial charge is 0.230 e. The van der Waals surface area contributed by atoms with Gasteiger partial charge in [-0.1, -0.05) is 29.0 Å². The van der Waals surface area contributed by atoms with Gasteiger partial charge in [0.2, 0.25) is 5.91 Å². The van der Waals surface area contributed by atoms with Crippen molar-refractivity contribution < 1.29 is 9.53 Å². The summed E-state index contributed by atoms with van der Waals surface area (Å²) in [7, 11) is 1.65. The molecule has 3 aromatic rings. The van der Waals surface area contributed by atoms with Gasteiger partial charge < -0.3 is 10.1 Å². The summed E-state index contributed by atoms with van der Waals surface area (Å²) in [6, 6.07) is 15.6. The molecule has 0 aliphatic carbocycles. The van der Waals surface area contributed by atoms with Gasteiger partial charge in [0.25, 0.3) is 0 Å². The van der Waals surface area contributed by atoms with Crippen LogP contribution < -0.4 is 10.1 Å². The fraction of sp³-hybridized carbons (Fsp3) is 0.227. The number of anilines is 1. The molecule has 0 bridgehead atoms. The molecule has 0 saturated carbocycles. The Balaban J connectivity index is 1.70. The number of carbonyl (C=O) groups excluding carboxylic acids is 1. The van der Waals surface area contributed by atoms with E-state index >= 15 is 0 Å². The molecule has 0 atom stereocenters. The van der Waals surface area contributed by atoms with Gasteiger partial charge in [0.05, 0.1) is 31.5 Å². The fourth-order valence-corrected chi connectivity index (χ4v) is 3.62. The van der Waals surface area contributed by atoms with Gasteiger partial charge in [0, 0.05) is 16.3 Å². The van der Waals surface area contributed by atoms with E-state index in [2.05, 4.69) is 22.2 Å². The van der Waals surface area contributed by atoms with Crippen molar-refractivity contribution in [1.29, 1.82) is 0 Å². The number of nitrogens with one attached hydrogen (secondary N) is 1. The number of hydrogen-bond donors (Lipinski definition) is 1. The number of hydrogen-bond acceptors (Lipinski definition) is 5. The Hall–Kier alpha value is -3.06. The second kappa shape index (κ2) is 9.93. The summed E-state index contributed by atoms with van der Waals surface area (Å²) in [4.78, 5) is 13.7. The largest absolute Gasteiger partial charge is 0.497 e. The number of amides is 1. The van der Waals surface area contributed by atoms with Gasteiger partial charge in [-0.15, -0.1) is 23.4 Å². The van der Waals surface area contributed by atoms with Crippen LogP contribution in [-0.2, 0) is 23.5 Å². The van der Waals surface area contributed by atoms with Gasteiger partial charge in [0.15, 0.2) is 0 Å². The molecule has 0 radical (unpaired) electrons. The Morgan fingerprint density at radius 1 is 1.21 bits per heavy atom. The number of thioether (sulfide) groups is 1. The van der Waals surface area contributed by atoms with E-state index in [0.717, 1.165) is 33.3 Å². The van der Waals surface area contributed by atoms with Crippen molar-refractivity contribution in [3.63, 3.8) is 0 Å². The van der Waals surface area contributed by atoms with E-state index in [0.29, 0.717) is 12.3 Å². The van der Waals surface area contributed by atoms with Gasteiger partial charge >= 0.3 is 0 Å². The first kappa shape index (κ1) is 20.7. The Kier molecular flexibility index (Phi) is 7.08. The van der Waals surface area contributed by atoms with Gasteiger partial charge in [0.1, 0.15) is 5.75 Å². The molecule has 0 fully saturated rings. The number of nitrogens with zero attached hydrogens (tertiary/aromatic N) is 3. The highest BCUT2D eigenvalue weighted by Crippen LogP contribution is 2.25. The lowest BCUT2D eigenvalue weighted by Gasteiger charge is -2.09. The third-order valence-electron chi connectivity index (χ3n) is 4.32. The summed E-state index contributed by atoms with van der Waals surface area (Å²) in [5.41, 5.74) is 3.52. The molecule has 0 unspecified atom stereocenters. The van der Waals surface area contributed by atoms with Crippen molar-refractivity contribution in [3.8, 4) is 5.75 Å². The van der Waals surface area contributed by atoms with E-state index in [1.807, 2.05) is 55.5 Å². The minimum absolute atomic E-state index is 0.0998. The zero-order chi connectivity index (χ0) is 20.6. The molecule has 6 nitrogen and oxygen atoms in total. The molecule has 3 rings (SSSR count). The van der Waals surface area contributed by atoms with Crippen LogP contribution in [0.15, 0.2) is 66.1 Å². The Bertz CT molecular complexity index is 965. The van der Waals surface area contributed by atoms with Crippen LogP contribution in [0.1, 0.15) is 17.0 Å². The number of aromatic nitrogens is 3.